The summed E-state index contributed by atoms with van der Waals surface area (Å²) in [5.74, 6) is 1.03. The van der Waals surface area contributed by atoms with Gasteiger partial charge in [-0.3, -0.25) is 4.79 Å². The second-order valence-corrected chi connectivity index (χ2v) is 7.48. The standard InChI is InChI=1S/C23H29NO2/c1-5-26-21-17(3)14-20(15-18(21)4)24-22(25)23(12-6-7-13-23)19-10-8-16(2)9-11-19/h8-11,14-15H,5-7,12-13H2,1-4H3,(H,24,25). The summed E-state index contributed by atoms with van der Waals surface area (Å²) >= 11 is 0. The largest absolute Gasteiger partial charge is 0.493 e. The van der Waals surface area contributed by atoms with Crippen molar-refractivity contribution in [3.63, 3.8) is 0 Å². The van der Waals surface area contributed by atoms with Gasteiger partial charge in [0, 0.05) is 5.69 Å². The number of amides is 1. The number of anilines is 1. The second kappa shape index (κ2) is 7.53. The summed E-state index contributed by atoms with van der Waals surface area (Å²) in [6, 6.07) is 12.5. The van der Waals surface area contributed by atoms with Crippen LogP contribution in [0.5, 0.6) is 5.75 Å². The van der Waals surface area contributed by atoms with E-state index in [2.05, 4.69) is 36.5 Å². The fourth-order valence-electron chi connectivity index (χ4n) is 4.14. The van der Waals surface area contributed by atoms with Crippen LogP contribution >= 0.6 is 0 Å². The van der Waals surface area contributed by atoms with Gasteiger partial charge in [-0.15, -0.1) is 0 Å². The second-order valence-electron chi connectivity index (χ2n) is 7.48. The first-order valence-electron chi connectivity index (χ1n) is 9.59. The van der Waals surface area contributed by atoms with Crippen LogP contribution in [0.15, 0.2) is 36.4 Å². The zero-order valence-electron chi connectivity index (χ0n) is 16.3. The molecular formula is C23H29NO2. The van der Waals surface area contributed by atoms with Gasteiger partial charge in [0.25, 0.3) is 0 Å². The normalized spacial score (nSPS) is 15.7. The Morgan fingerprint density at radius 1 is 1.04 bits per heavy atom. The van der Waals surface area contributed by atoms with Crippen molar-refractivity contribution >= 4 is 11.6 Å². The van der Waals surface area contributed by atoms with Gasteiger partial charge >= 0.3 is 0 Å². The Kier molecular flexibility index (Phi) is 5.36. The molecule has 1 amide bonds. The van der Waals surface area contributed by atoms with Crippen molar-refractivity contribution in [2.75, 3.05) is 11.9 Å². The van der Waals surface area contributed by atoms with Crippen LogP contribution in [0.4, 0.5) is 5.69 Å². The predicted octanol–water partition coefficient (Wildman–Crippen LogP) is 5.46. The summed E-state index contributed by atoms with van der Waals surface area (Å²) in [6.45, 7) is 8.76. The number of nitrogens with one attached hydrogen (secondary N) is 1. The van der Waals surface area contributed by atoms with Crippen molar-refractivity contribution in [2.45, 2.75) is 58.8 Å². The number of benzene rings is 2. The molecular weight excluding hydrogens is 322 g/mol. The van der Waals surface area contributed by atoms with Crippen molar-refractivity contribution < 1.29 is 9.53 Å². The molecule has 1 N–H and O–H groups in total. The van der Waals surface area contributed by atoms with Crippen LogP contribution in [-0.2, 0) is 10.2 Å². The summed E-state index contributed by atoms with van der Waals surface area (Å²) in [5, 5.41) is 3.19. The van der Waals surface area contributed by atoms with Gasteiger partial charge in [-0.25, -0.2) is 0 Å². The van der Waals surface area contributed by atoms with Crippen LogP contribution in [0.2, 0.25) is 0 Å². The van der Waals surface area contributed by atoms with E-state index in [9.17, 15) is 4.79 Å². The monoisotopic (exact) mass is 351 g/mol. The maximum atomic E-state index is 13.3. The van der Waals surface area contributed by atoms with Crippen LogP contribution in [0.25, 0.3) is 0 Å². The quantitative estimate of drug-likeness (QED) is 0.776. The summed E-state index contributed by atoms with van der Waals surface area (Å²) < 4.78 is 5.71. The molecule has 2 aromatic rings. The van der Waals surface area contributed by atoms with Gasteiger partial charge in [-0.1, -0.05) is 42.7 Å². The van der Waals surface area contributed by atoms with Crippen LogP contribution in [-0.4, -0.2) is 12.5 Å². The van der Waals surface area contributed by atoms with E-state index in [-0.39, 0.29) is 5.91 Å². The molecule has 138 valence electrons. The molecule has 3 rings (SSSR count). The third-order valence-corrected chi connectivity index (χ3v) is 5.50. The molecule has 0 radical (unpaired) electrons. The average molecular weight is 351 g/mol. The summed E-state index contributed by atoms with van der Waals surface area (Å²) in [6.07, 6.45) is 4.03. The molecule has 0 saturated heterocycles. The third kappa shape index (κ3) is 3.48. The molecule has 0 aromatic heterocycles. The molecule has 0 atom stereocenters. The number of carbonyl (C=O) groups is 1. The molecule has 0 aliphatic heterocycles. The van der Waals surface area contributed by atoms with Gasteiger partial charge in [0.2, 0.25) is 5.91 Å². The van der Waals surface area contributed by atoms with Crippen LogP contribution in [0.1, 0.15) is 54.9 Å². The maximum Gasteiger partial charge on any atom is 0.235 e. The molecule has 1 fully saturated rings. The zero-order valence-corrected chi connectivity index (χ0v) is 16.3. The Morgan fingerprint density at radius 2 is 1.62 bits per heavy atom. The minimum atomic E-state index is -0.409. The first-order valence-corrected chi connectivity index (χ1v) is 9.59. The highest BCUT2D eigenvalue weighted by atomic mass is 16.5. The number of carbonyl (C=O) groups excluding carboxylic acids is 1. The van der Waals surface area contributed by atoms with Gasteiger partial charge in [0.05, 0.1) is 12.0 Å². The smallest absolute Gasteiger partial charge is 0.235 e. The van der Waals surface area contributed by atoms with Crippen molar-refractivity contribution in [2.24, 2.45) is 0 Å². The van der Waals surface area contributed by atoms with Crippen molar-refractivity contribution in [3.05, 3.63) is 58.7 Å². The van der Waals surface area contributed by atoms with Crippen LogP contribution in [0.3, 0.4) is 0 Å². The van der Waals surface area contributed by atoms with Crippen molar-refractivity contribution in [3.8, 4) is 5.75 Å². The van der Waals surface area contributed by atoms with Crippen molar-refractivity contribution in [1.29, 1.82) is 0 Å². The molecule has 26 heavy (non-hydrogen) atoms. The molecule has 1 saturated carbocycles. The minimum absolute atomic E-state index is 0.113. The number of hydrogen-bond donors (Lipinski definition) is 1. The molecule has 2 aromatic carbocycles. The highest BCUT2D eigenvalue weighted by Crippen LogP contribution is 2.42. The predicted molar refractivity (Wildman–Crippen MR) is 107 cm³/mol. The van der Waals surface area contributed by atoms with E-state index in [0.717, 1.165) is 53.8 Å². The minimum Gasteiger partial charge on any atom is -0.493 e. The fourth-order valence-corrected chi connectivity index (χ4v) is 4.14. The number of hydrogen-bond acceptors (Lipinski definition) is 2. The lowest BCUT2D eigenvalue weighted by Gasteiger charge is -2.29. The lowest BCUT2D eigenvalue weighted by Crippen LogP contribution is -2.38. The molecule has 0 heterocycles. The SMILES string of the molecule is CCOc1c(C)cc(NC(=O)C2(c3ccc(C)cc3)CCCC2)cc1C. The Balaban J connectivity index is 1.89. The Labute approximate surface area is 156 Å². The molecule has 0 unspecified atom stereocenters. The van der Waals surface area contributed by atoms with E-state index in [1.165, 1.54) is 5.56 Å². The first-order chi connectivity index (χ1) is 12.5. The van der Waals surface area contributed by atoms with Gasteiger partial charge in [0.15, 0.2) is 0 Å². The molecule has 1 aliphatic rings. The lowest BCUT2D eigenvalue weighted by molar-refractivity contribution is -0.121. The maximum absolute atomic E-state index is 13.3. The first kappa shape index (κ1) is 18.5. The topological polar surface area (TPSA) is 38.3 Å². The zero-order chi connectivity index (χ0) is 18.7. The molecule has 0 spiro atoms. The third-order valence-electron chi connectivity index (χ3n) is 5.50. The highest BCUT2D eigenvalue weighted by Gasteiger charge is 2.42. The Bertz CT molecular complexity index is 763. The van der Waals surface area contributed by atoms with E-state index in [4.69, 9.17) is 4.74 Å². The summed E-state index contributed by atoms with van der Waals surface area (Å²) in [7, 11) is 0. The molecule has 0 bridgehead atoms. The lowest BCUT2D eigenvalue weighted by atomic mass is 9.77. The summed E-state index contributed by atoms with van der Waals surface area (Å²) in [4.78, 5) is 13.3. The highest BCUT2D eigenvalue weighted by molar-refractivity contribution is 5.99. The number of rotatable bonds is 5. The van der Waals surface area contributed by atoms with E-state index >= 15 is 0 Å². The van der Waals surface area contributed by atoms with Gasteiger partial charge in [-0.05, 0) is 69.4 Å². The van der Waals surface area contributed by atoms with E-state index in [0.29, 0.717) is 6.61 Å². The molecule has 3 heteroatoms. The van der Waals surface area contributed by atoms with Crippen LogP contribution in [0, 0.1) is 20.8 Å². The number of aryl methyl sites for hydroxylation is 3. The Morgan fingerprint density at radius 3 is 2.15 bits per heavy atom. The number of ether oxygens (including phenoxy) is 1. The van der Waals surface area contributed by atoms with Gasteiger partial charge in [-0.2, -0.15) is 0 Å². The van der Waals surface area contributed by atoms with Crippen LogP contribution < -0.4 is 10.1 Å². The summed E-state index contributed by atoms with van der Waals surface area (Å²) in [5.41, 5.74) is 4.91. The van der Waals surface area contributed by atoms with E-state index < -0.39 is 5.41 Å². The Hall–Kier alpha value is -2.29. The molecule has 3 nitrogen and oxygen atoms in total. The van der Waals surface area contributed by atoms with E-state index in [1.54, 1.807) is 0 Å². The van der Waals surface area contributed by atoms with E-state index in [1.807, 2.05) is 32.9 Å². The fraction of sp³-hybridized carbons (Fsp3) is 0.435. The van der Waals surface area contributed by atoms with Crippen molar-refractivity contribution in [1.82, 2.24) is 0 Å². The van der Waals surface area contributed by atoms with Gasteiger partial charge in [0.1, 0.15) is 5.75 Å². The average Bonchev–Trinajstić information content (AvgIpc) is 3.10. The molecule has 1 aliphatic carbocycles. The van der Waals surface area contributed by atoms with Gasteiger partial charge < -0.3 is 10.1 Å².